The molecule has 0 atom stereocenters. The molecule has 1 heterocycles. The molecule has 0 amide bonds. The minimum Gasteiger partial charge on any atom is -0.384 e. The maximum Gasteiger partial charge on any atom is 0.126 e. The molecular weight excluding hydrogens is 222 g/mol. The lowest BCUT2D eigenvalue weighted by atomic mass is 9.98. The van der Waals surface area contributed by atoms with Gasteiger partial charge in [0.15, 0.2) is 0 Å². The third-order valence-corrected chi connectivity index (χ3v) is 2.78. The number of benzene rings is 1. The number of rotatable bonds is 2. The fourth-order valence-electron chi connectivity index (χ4n) is 1.63. The van der Waals surface area contributed by atoms with Gasteiger partial charge in [0, 0.05) is 10.6 Å². The smallest absolute Gasteiger partial charge is 0.126 e. The number of hydrogen-bond donors (Lipinski definition) is 2. The minimum absolute atomic E-state index is 0.436. The Bertz CT molecular complexity index is 503. The summed E-state index contributed by atoms with van der Waals surface area (Å²) in [6.07, 6.45) is 1.71. The highest BCUT2D eigenvalue weighted by molar-refractivity contribution is 6.31. The van der Waals surface area contributed by atoms with Crippen LogP contribution in [-0.4, -0.2) is 10.2 Å². The van der Waals surface area contributed by atoms with Gasteiger partial charge in [0.2, 0.25) is 0 Å². The van der Waals surface area contributed by atoms with Crippen molar-refractivity contribution in [2.24, 2.45) is 0 Å². The summed E-state index contributed by atoms with van der Waals surface area (Å²) in [7, 11) is 0. The van der Waals surface area contributed by atoms with Crippen molar-refractivity contribution in [3.05, 3.63) is 35.0 Å². The summed E-state index contributed by atoms with van der Waals surface area (Å²) >= 11 is 6.09. The fourth-order valence-corrected chi connectivity index (χ4v) is 1.87. The van der Waals surface area contributed by atoms with Crippen LogP contribution in [0.25, 0.3) is 11.1 Å². The summed E-state index contributed by atoms with van der Waals surface area (Å²) in [4.78, 5) is 0. The Labute approximate surface area is 99.6 Å². The monoisotopic (exact) mass is 235 g/mol. The van der Waals surface area contributed by atoms with Crippen LogP contribution < -0.4 is 5.73 Å². The van der Waals surface area contributed by atoms with E-state index >= 15 is 0 Å². The number of nitrogens with one attached hydrogen (secondary N) is 1. The van der Waals surface area contributed by atoms with E-state index in [0.29, 0.717) is 11.7 Å². The SMILES string of the molecule is CC(C)c1cc(Cl)cc(-c2cn[nH]c2N)c1. The molecule has 0 bridgehead atoms. The molecule has 2 rings (SSSR count). The van der Waals surface area contributed by atoms with E-state index < -0.39 is 0 Å². The topological polar surface area (TPSA) is 54.7 Å². The molecule has 0 saturated carbocycles. The van der Waals surface area contributed by atoms with Crippen molar-refractivity contribution < 1.29 is 0 Å². The summed E-state index contributed by atoms with van der Waals surface area (Å²) in [5, 5.41) is 7.35. The van der Waals surface area contributed by atoms with Gasteiger partial charge in [-0.3, -0.25) is 5.10 Å². The molecule has 16 heavy (non-hydrogen) atoms. The largest absolute Gasteiger partial charge is 0.384 e. The van der Waals surface area contributed by atoms with Crippen molar-refractivity contribution in [3.8, 4) is 11.1 Å². The van der Waals surface area contributed by atoms with Gasteiger partial charge in [-0.2, -0.15) is 5.10 Å². The van der Waals surface area contributed by atoms with Crippen molar-refractivity contribution >= 4 is 17.4 Å². The maximum atomic E-state index is 6.09. The number of hydrogen-bond acceptors (Lipinski definition) is 2. The normalized spacial score (nSPS) is 11.0. The average molecular weight is 236 g/mol. The van der Waals surface area contributed by atoms with Gasteiger partial charge in [-0.15, -0.1) is 0 Å². The van der Waals surface area contributed by atoms with Gasteiger partial charge < -0.3 is 5.73 Å². The molecule has 2 aromatic rings. The van der Waals surface area contributed by atoms with Crippen molar-refractivity contribution in [1.29, 1.82) is 0 Å². The molecular formula is C12H14ClN3. The van der Waals surface area contributed by atoms with Crippen molar-refractivity contribution in [2.45, 2.75) is 19.8 Å². The Morgan fingerprint density at radius 2 is 2.06 bits per heavy atom. The lowest BCUT2D eigenvalue weighted by Crippen LogP contribution is -1.91. The molecule has 1 aromatic carbocycles. The molecule has 3 N–H and O–H groups in total. The van der Waals surface area contributed by atoms with Crippen molar-refractivity contribution in [1.82, 2.24) is 10.2 Å². The second-order valence-corrected chi connectivity index (χ2v) is 4.56. The van der Waals surface area contributed by atoms with Crippen LogP contribution in [0.1, 0.15) is 25.3 Å². The molecule has 84 valence electrons. The van der Waals surface area contributed by atoms with Gasteiger partial charge in [0.25, 0.3) is 0 Å². The molecule has 0 spiro atoms. The molecule has 0 aliphatic rings. The van der Waals surface area contributed by atoms with Crippen LogP contribution in [0.4, 0.5) is 5.82 Å². The second-order valence-electron chi connectivity index (χ2n) is 4.13. The molecule has 0 fully saturated rings. The number of anilines is 1. The third-order valence-electron chi connectivity index (χ3n) is 2.57. The van der Waals surface area contributed by atoms with Crippen LogP contribution in [0.3, 0.4) is 0 Å². The lowest BCUT2D eigenvalue weighted by molar-refractivity contribution is 0.867. The Morgan fingerprint density at radius 3 is 2.62 bits per heavy atom. The predicted molar refractivity (Wildman–Crippen MR) is 67.5 cm³/mol. The van der Waals surface area contributed by atoms with Crippen molar-refractivity contribution in [3.63, 3.8) is 0 Å². The number of nitrogen functional groups attached to an aromatic ring is 1. The van der Waals surface area contributed by atoms with Gasteiger partial charge >= 0.3 is 0 Å². The molecule has 3 nitrogen and oxygen atoms in total. The third kappa shape index (κ3) is 2.04. The van der Waals surface area contributed by atoms with Crippen LogP contribution in [-0.2, 0) is 0 Å². The summed E-state index contributed by atoms with van der Waals surface area (Å²) in [6.45, 7) is 4.27. The van der Waals surface area contributed by atoms with E-state index in [0.717, 1.165) is 16.1 Å². The number of nitrogens with zero attached hydrogens (tertiary/aromatic N) is 1. The van der Waals surface area contributed by atoms with Crippen LogP contribution in [0.2, 0.25) is 5.02 Å². The zero-order valence-electron chi connectivity index (χ0n) is 9.29. The van der Waals surface area contributed by atoms with E-state index in [-0.39, 0.29) is 0 Å². The van der Waals surface area contributed by atoms with E-state index in [4.69, 9.17) is 17.3 Å². The molecule has 0 saturated heterocycles. The van der Waals surface area contributed by atoms with Gasteiger partial charge in [0.1, 0.15) is 5.82 Å². The zero-order chi connectivity index (χ0) is 11.7. The number of nitrogens with two attached hydrogens (primary N) is 1. The molecule has 4 heteroatoms. The standard InChI is InChI=1S/C12H14ClN3/c1-7(2)8-3-9(5-10(13)4-8)11-6-15-16-12(11)14/h3-7H,1-2H3,(H3,14,15,16). The summed E-state index contributed by atoms with van der Waals surface area (Å²) in [5.74, 6) is 1.00. The molecule has 0 unspecified atom stereocenters. The lowest BCUT2D eigenvalue weighted by Gasteiger charge is -2.09. The molecule has 0 aliphatic carbocycles. The summed E-state index contributed by atoms with van der Waals surface area (Å²) in [6, 6.07) is 5.97. The number of H-pyrrole nitrogens is 1. The van der Waals surface area contributed by atoms with E-state index in [1.165, 1.54) is 5.56 Å². The average Bonchev–Trinajstić information content (AvgIpc) is 2.63. The van der Waals surface area contributed by atoms with Crippen LogP contribution in [0.15, 0.2) is 24.4 Å². The van der Waals surface area contributed by atoms with E-state index in [1.54, 1.807) is 6.20 Å². The van der Waals surface area contributed by atoms with Gasteiger partial charge in [-0.25, -0.2) is 0 Å². The highest BCUT2D eigenvalue weighted by Gasteiger charge is 2.08. The predicted octanol–water partition coefficient (Wildman–Crippen LogP) is 3.44. The first-order valence-corrected chi connectivity index (χ1v) is 5.55. The van der Waals surface area contributed by atoms with Crippen molar-refractivity contribution in [2.75, 3.05) is 5.73 Å². The number of aromatic amines is 1. The maximum absolute atomic E-state index is 6.09. The summed E-state index contributed by atoms with van der Waals surface area (Å²) < 4.78 is 0. The Kier molecular flexibility index (Phi) is 2.88. The summed E-state index contributed by atoms with van der Waals surface area (Å²) in [5.41, 5.74) is 8.88. The van der Waals surface area contributed by atoms with E-state index in [1.807, 2.05) is 12.1 Å². The van der Waals surface area contributed by atoms with Gasteiger partial charge in [-0.05, 0) is 29.2 Å². The highest BCUT2D eigenvalue weighted by atomic mass is 35.5. The fraction of sp³-hybridized carbons (Fsp3) is 0.250. The Morgan fingerprint density at radius 1 is 1.31 bits per heavy atom. The van der Waals surface area contributed by atoms with E-state index in [9.17, 15) is 0 Å². The van der Waals surface area contributed by atoms with Crippen LogP contribution in [0.5, 0.6) is 0 Å². The van der Waals surface area contributed by atoms with E-state index in [2.05, 4.69) is 30.1 Å². The molecule has 1 aromatic heterocycles. The minimum atomic E-state index is 0.436. The molecule has 0 aliphatic heterocycles. The first-order valence-electron chi connectivity index (χ1n) is 5.17. The number of aromatic nitrogens is 2. The number of halogens is 1. The first kappa shape index (κ1) is 11.0. The van der Waals surface area contributed by atoms with Gasteiger partial charge in [-0.1, -0.05) is 31.5 Å². The Balaban J connectivity index is 2.54. The first-order chi connectivity index (χ1) is 7.58. The zero-order valence-corrected chi connectivity index (χ0v) is 10.0. The van der Waals surface area contributed by atoms with Crippen LogP contribution in [0, 0.1) is 0 Å². The molecule has 0 radical (unpaired) electrons. The van der Waals surface area contributed by atoms with Crippen LogP contribution >= 0.6 is 11.6 Å². The van der Waals surface area contributed by atoms with Gasteiger partial charge in [0.05, 0.1) is 6.20 Å². The second kappa shape index (κ2) is 4.18. The Hall–Kier alpha value is -1.48. The quantitative estimate of drug-likeness (QED) is 0.838. The highest BCUT2D eigenvalue weighted by Crippen LogP contribution is 2.30.